The molecule has 10 heteroatoms. The van der Waals surface area contributed by atoms with Crippen LogP contribution in [0.5, 0.6) is 0 Å². The van der Waals surface area contributed by atoms with Gasteiger partial charge < -0.3 is 15.2 Å². The van der Waals surface area contributed by atoms with E-state index in [0.717, 1.165) is 4.88 Å². The number of hydrogen-bond donors (Lipinski definition) is 1. The van der Waals surface area contributed by atoms with E-state index in [4.69, 9.17) is 5.73 Å². The molecule has 1 saturated heterocycles. The van der Waals surface area contributed by atoms with Crippen LogP contribution in [0.25, 0.3) is 21.6 Å². The maximum Gasteiger partial charge on any atom is 0.406 e. The van der Waals surface area contributed by atoms with Gasteiger partial charge in [-0.1, -0.05) is 6.07 Å². The Labute approximate surface area is 174 Å². The lowest BCUT2D eigenvalue weighted by molar-refractivity contribution is -0.139. The van der Waals surface area contributed by atoms with E-state index in [9.17, 15) is 17.6 Å². The highest BCUT2D eigenvalue weighted by Crippen LogP contribution is 2.37. The smallest absolute Gasteiger partial charge is 0.329 e. The summed E-state index contributed by atoms with van der Waals surface area (Å²) in [5.74, 6) is 0. The summed E-state index contributed by atoms with van der Waals surface area (Å²) in [7, 11) is 1.84. The van der Waals surface area contributed by atoms with Crippen molar-refractivity contribution in [2.45, 2.75) is 31.9 Å². The van der Waals surface area contributed by atoms with Crippen molar-refractivity contribution in [2.75, 3.05) is 20.1 Å². The topological polar surface area (TPSA) is 59.4 Å². The molecule has 0 amide bonds. The third-order valence-electron chi connectivity index (χ3n) is 5.08. The molecule has 0 spiro atoms. The fraction of sp³-hybridized carbons (Fsp3) is 0.400. The molecule has 5 nitrogen and oxygen atoms in total. The van der Waals surface area contributed by atoms with E-state index in [1.807, 2.05) is 11.9 Å². The number of nitrogens with zero attached hydrogens (tertiary/aromatic N) is 4. The number of rotatable bonds is 4. The molecule has 0 radical (unpaired) electrons. The molecule has 1 aliphatic rings. The first kappa shape index (κ1) is 21.0. The number of aromatic nitrogens is 2. The van der Waals surface area contributed by atoms with Crippen LogP contribution >= 0.6 is 11.3 Å². The van der Waals surface area contributed by atoms with Crippen LogP contribution in [-0.2, 0) is 13.1 Å². The van der Waals surface area contributed by atoms with E-state index in [1.165, 1.54) is 15.9 Å². The van der Waals surface area contributed by atoms with Crippen LogP contribution in [0.15, 0.2) is 35.5 Å². The minimum Gasteiger partial charge on any atom is -0.329 e. The maximum absolute atomic E-state index is 14.5. The van der Waals surface area contributed by atoms with Crippen LogP contribution < -0.4 is 5.73 Å². The van der Waals surface area contributed by atoms with E-state index in [-0.39, 0.29) is 13.1 Å². The molecule has 3 aromatic rings. The Morgan fingerprint density at radius 2 is 2.13 bits per heavy atom. The second-order valence-corrected chi connectivity index (χ2v) is 8.47. The lowest BCUT2D eigenvalue weighted by atomic mass is 10.1. The monoisotopic (exact) mass is 439 g/mol. The fourth-order valence-corrected chi connectivity index (χ4v) is 4.44. The highest BCUT2D eigenvalue weighted by Gasteiger charge is 2.31. The number of thiazole rings is 1. The Morgan fingerprint density at radius 3 is 2.80 bits per heavy atom. The van der Waals surface area contributed by atoms with Crippen LogP contribution in [0.2, 0.25) is 0 Å². The number of fused-ring (bicyclic) bond motifs is 1. The number of piperidine rings is 1. The van der Waals surface area contributed by atoms with Crippen LogP contribution in [0.4, 0.5) is 23.2 Å². The van der Waals surface area contributed by atoms with Gasteiger partial charge in [0, 0.05) is 42.5 Å². The second kappa shape index (κ2) is 8.09. The number of likely N-dealkylation sites (tertiary alicyclic amines) is 1. The highest BCUT2D eigenvalue weighted by atomic mass is 32.1. The van der Waals surface area contributed by atoms with Crippen LogP contribution in [0.3, 0.4) is 0 Å². The first-order valence-electron chi connectivity index (χ1n) is 9.49. The Morgan fingerprint density at radius 1 is 1.33 bits per heavy atom. The summed E-state index contributed by atoms with van der Waals surface area (Å²) in [5, 5.41) is 0.997. The highest BCUT2D eigenvalue weighted by molar-refractivity contribution is 7.15. The van der Waals surface area contributed by atoms with Gasteiger partial charge in [-0.25, -0.2) is 9.37 Å². The minimum atomic E-state index is -4.41. The Bertz CT molecular complexity index is 1080. The Hall–Kier alpha value is -2.30. The fourth-order valence-electron chi connectivity index (χ4n) is 3.63. The van der Waals surface area contributed by atoms with Crippen molar-refractivity contribution in [3.8, 4) is 10.7 Å². The van der Waals surface area contributed by atoms with Crippen molar-refractivity contribution < 1.29 is 17.6 Å². The molecule has 160 valence electrons. The summed E-state index contributed by atoms with van der Waals surface area (Å²) in [6.07, 6.45) is -3.55. The SMILES string of the molecule is CN1CCC(=Nc2cccc3c2cc(-c2ncc(CN)s2)n3CC(F)(F)F)[C@@H](F)C1. The largest absolute Gasteiger partial charge is 0.406 e. The van der Waals surface area contributed by atoms with Gasteiger partial charge in [0.05, 0.1) is 22.6 Å². The number of aliphatic imine (C=N–C) groups is 1. The molecule has 0 aliphatic carbocycles. The van der Waals surface area contributed by atoms with Crippen molar-refractivity contribution >= 4 is 33.6 Å². The van der Waals surface area contributed by atoms with Gasteiger partial charge in [0.2, 0.25) is 0 Å². The van der Waals surface area contributed by atoms with E-state index < -0.39 is 18.9 Å². The summed E-state index contributed by atoms with van der Waals surface area (Å²) in [5.41, 5.74) is 7.25. The molecule has 2 aromatic heterocycles. The lowest BCUT2D eigenvalue weighted by Crippen LogP contribution is -2.39. The van der Waals surface area contributed by atoms with Gasteiger partial charge in [-0.15, -0.1) is 11.3 Å². The van der Waals surface area contributed by atoms with Crippen LogP contribution in [0, 0.1) is 0 Å². The number of nitrogens with two attached hydrogens (primary N) is 1. The van der Waals surface area contributed by atoms with Crippen LogP contribution in [0.1, 0.15) is 11.3 Å². The first-order chi connectivity index (χ1) is 14.2. The molecule has 0 unspecified atom stereocenters. The summed E-state index contributed by atoms with van der Waals surface area (Å²) in [4.78, 5) is 11.4. The van der Waals surface area contributed by atoms with Crippen molar-refractivity contribution in [3.05, 3.63) is 35.3 Å². The number of benzene rings is 1. The third-order valence-corrected chi connectivity index (χ3v) is 6.12. The van der Waals surface area contributed by atoms with E-state index in [1.54, 1.807) is 30.5 Å². The second-order valence-electron chi connectivity index (χ2n) is 7.36. The summed E-state index contributed by atoms with van der Waals surface area (Å²) < 4.78 is 55.7. The molecule has 1 atom stereocenters. The van der Waals surface area contributed by atoms with Crippen LogP contribution in [-0.4, -0.2) is 52.6 Å². The van der Waals surface area contributed by atoms with Gasteiger partial charge in [0.25, 0.3) is 0 Å². The number of halogens is 4. The maximum atomic E-state index is 14.5. The molecular weight excluding hydrogens is 418 g/mol. The lowest BCUT2D eigenvalue weighted by Gasteiger charge is -2.26. The van der Waals surface area contributed by atoms with Crippen molar-refractivity contribution in [2.24, 2.45) is 10.7 Å². The molecule has 0 saturated carbocycles. The van der Waals surface area contributed by atoms with Gasteiger partial charge >= 0.3 is 6.18 Å². The molecule has 1 aromatic carbocycles. The summed E-state index contributed by atoms with van der Waals surface area (Å²) in [6.45, 7) is 0.0645. The predicted octanol–water partition coefficient (Wildman–Crippen LogP) is 4.53. The molecule has 0 bridgehead atoms. The van der Waals surface area contributed by atoms with E-state index >= 15 is 0 Å². The van der Waals surface area contributed by atoms with Gasteiger partial charge in [-0.05, 0) is 25.2 Å². The van der Waals surface area contributed by atoms with Crippen molar-refractivity contribution in [1.82, 2.24) is 14.5 Å². The molecule has 1 fully saturated rings. The van der Waals surface area contributed by atoms with Gasteiger partial charge in [0.1, 0.15) is 11.6 Å². The molecule has 1 aliphatic heterocycles. The summed E-state index contributed by atoms with van der Waals surface area (Å²) in [6, 6.07) is 6.62. The molecule has 2 N–H and O–H groups in total. The molecule has 30 heavy (non-hydrogen) atoms. The number of hydrogen-bond acceptors (Lipinski definition) is 5. The molecule has 3 heterocycles. The van der Waals surface area contributed by atoms with Crippen molar-refractivity contribution in [3.63, 3.8) is 0 Å². The van der Waals surface area contributed by atoms with Crippen molar-refractivity contribution in [1.29, 1.82) is 0 Å². The van der Waals surface area contributed by atoms with Gasteiger partial charge in [-0.2, -0.15) is 13.2 Å². The third kappa shape index (κ3) is 4.26. The standard InChI is InChI=1S/C20H21F4N5S/c1-28-6-5-16(14(21)10-28)27-15-3-2-4-17-13(15)7-18(29(17)11-20(22,23)24)19-26-9-12(8-25)30-19/h2-4,7,9,14H,5-6,8,10-11,25H2,1H3/t14-/m0/s1. The van der Waals surface area contributed by atoms with E-state index in [2.05, 4.69) is 9.98 Å². The summed E-state index contributed by atoms with van der Waals surface area (Å²) >= 11 is 1.26. The normalized spacial score (nSPS) is 19.8. The minimum absolute atomic E-state index is 0.260. The zero-order valence-electron chi connectivity index (χ0n) is 16.3. The zero-order valence-corrected chi connectivity index (χ0v) is 17.1. The Balaban J connectivity index is 1.85. The Kier molecular flexibility index (Phi) is 5.65. The quantitative estimate of drug-likeness (QED) is 0.608. The average molecular weight is 439 g/mol. The molecular formula is C20H21F4N5S. The zero-order chi connectivity index (χ0) is 21.5. The number of alkyl halides is 4. The van der Waals surface area contributed by atoms with Gasteiger partial charge in [-0.3, -0.25) is 4.99 Å². The predicted molar refractivity (Wildman–Crippen MR) is 111 cm³/mol. The average Bonchev–Trinajstić information content (AvgIpc) is 3.28. The first-order valence-corrected chi connectivity index (χ1v) is 10.3. The molecule has 4 rings (SSSR count). The van der Waals surface area contributed by atoms with E-state index in [0.29, 0.717) is 46.0 Å². The van der Waals surface area contributed by atoms with Gasteiger partial charge in [0.15, 0.2) is 6.17 Å².